The average molecular weight is 282 g/mol. The summed E-state index contributed by atoms with van der Waals surface area (Å²) in [5.41, 5.74) is 0.232. The summed E-state index contributed by atoms with van der Waals surface area (Å²) < 4.78 is 22.9. The minimum Gasteiger partial charge on any atom is -0.376 e. The molecule has 1 fully saturated rings. The number of anilines is 1. The third kappa shape index (κ3) is 3.96. The van der Waals surface area contributed by atoms with E-state index in [1.807, 2.05) is 30.3 Å². The first-order chi connectivity index (χ1) is 8.89. The van der Waals surface area contributed by atoms with E-state index in [0.29, 0.717) is 6.42 Å². The fourth-order valence-corrected chi connectivity index (χ4v) is 4.32. The zero-order valence-corrected chi connectivity index (χ0v) is 11.7. The molecular weight excluding hydrogens is 264 g/mol. The predicted octanol–water partition coefficient (Wildman–Crippen LogP) is 0.792. The molecule has 0 aromatic heterocycles. The molecule has 2 N–H and O–H groups in total. The van der Waals surface area contributed by atoms with Gasteiger partial charge < -0.3 is 10.6 Å². The monoisotopic (exact) mass is 282 g/mol. The molecule has 0 radical (unpaired) electrons. The molecule has 1 amide bonds. The van der Waals surface area contributed by atoms with Crippen molar-refractivity contribution in [1.82, 2.24) is 5.32 Å². The summed E-state index contributed by atoms with van der Waals surface area (Å²) in [7, 11) is -3.00. The van der Waals surface area contributed by atoms with Crippen molar-refractivity contribution in [2.75, 3.05) is 23.4 Å². The molecule has 5 nitrogen and oxygen atoms in total. The maximum atomic E-state index is 11.8. The normalized spacial score (nSPS) is 24.9. The van der Waals surface area contributed by atoms with Gasteiger partial charge in [-0.05, 0) is 25.5 Å². The van der Waals surface area contributed by atoms with Gasteiger partial charge in [0.05, 0.1) is 23.6 Å². The van der Waals surface area contributed by atoms with Crippen molar-refractivity contribution in [3.63, 3.8) is 0 Å². The quantitative estimate of drug-likeness (QED) is 0.856. The third-order valence-electron chi connectivity index (χ3n) is 3.17. The van der Waals surface area contributed by atoms with Crippen LogP contribution in [0.4, 0.5) is 5.69 Å². The van der Waals surface area contributed by atoms with Crippen LogP contribution >= 0.6 is 0 Å². The van der Waals surface area contributed by atoms with E-state index in [1.165, 1.54) is 0 Å². The van der Waals surface area contributed by atoms with Crippen molar-refractivity contribution in [2.45, 2.75) is 18.9 Å². The van der Waals surface area contributed by atoms with Gasteiger partial charge in [-0.15, -0.1) is 0 Å². The van der Waals surface area contributed by atoms with Gasteiger partial charge in [0.1, 0.15) is 0 Å². The lowest BCUT2D eigenvalue weighted by Crippen LogP contribution is -2.48. The summed E-state index contributed by atoms with van der Waals surface area (Å²) >= 11 is 0. The number of carbonyl (C=O) groups excluding carboxylic acids is 1. The van der Waals surface area contributed by atoms with Crippen molar-refractivity contribution in [2.24, 2.45) is 0 Å². The van der Waals surface area contributed by atoms with Crippen LogP contribution in [0.2, 0.25) is 0 Å². The van der Waals surface area contributed by atoms with Gasteiger partial charge >= 0.3 is 0 Å². The Balaban J connectivity index is 1.85. The Bertz CT molecular complexity index is 557. The van der Waals surface area contributed by atoms with Crippen LogP contribution in [-0.4, -0.2) is 37.9 Å². The number of nitrogens with one attached hydrogen (secondary N) is 2. The number of carbonyl (C=O) groups is 1. The Morgan fingerprint density at radius 3 is 2.58 bits per heavy atom. The molecule has 0 spiro atoms. The lowest BCUT2D eigenvalue weighted by atomic mass is 10.0. The smallest absolute Gasteiger partial charge is 0.239 e. The van der Waals surface area contributed by atoms with Crippen LogP contribution in [0.25, 0.3) is 0 Å². The van der Waals surface area contributed by atoms with Crippen LogP contribution in [-0.2, 0) is 14.6 Å². The van der Waals surface area contributed by atoms with E-state index in [1.54, 1.807) is 6.92 Å². The highest BCUT2D eigenvalue weighted by Gasteiger charge is 2.39. The van der Waals surface area contributed by atoms with E-state index >= 15 is 0 Å². The van der Waals surface area contributed by atoms with Crippen molar-refractivity contribution in [1.29, 1.82) is 0 Å². The molecule has 0 aliphatic carbocycles. The highest BCUT2D eigenvalue weighted by Crippen LogP contribution is 2.22. The zero-order valence-electron chi connectivity index (χ0n) is 10.8. The first kappa shape index (κ1) is 13.9. The lowest BCUT2D eigenvalue weighted by molar-refractivity contribution is -0.120. The molecule has 1 aliphatic heterocycles. The molecule has 2 rings (SSSR count). The van der Waals surface area contributed by atoms with Gasteiger partial charge in [-0.3, -0.25) is 4.79 Å². The van der Waals surface area contributed by atoms with Crippen molar-refractivity contribution in [3.8, 4) is 0 Å². The minimum atomic E-state index is -3.00. The number of para-hydroxylation sites is 1. The predicted molar refractivity (Wildman–Crippen MR) is 74.8 cm³/mol. The molecule has 1 aliphatic rings. The third-order valence-corrected chi connectivity index (χ3v) is 5.07. The van der Waals surface area contributed by atoms with Gasteiger partial charge in [-0.25, -0.2) is 8.42 Å². The second kappa shape index (κ2) is 5.21. The number of benzene rings is 1. The average Bonchev–Trinajstić information content (AvgIpc) is 2.62. The highest BCUT2D eigenvalue weighted by atomic mass is 32.2. The zero-order chi connectivity index (χ0) is 13.9. The number of hydrogen-bond donors (Lipinski definition) is 2. The molecule has 0 unspecified atom stereocenters. The minimum absolute atomic E-state index is 0.0249. The Morgan fingerprint density at radius 1 is 1.32 bits per heavy atom. The summed E-state index contributed by atoms with van der Waals surface area (Å²) in [4.78, 5) is 11.8. The van der Waals surface area contributed by atoms with E-state index in [4.69, 9.17) is 0 Å². The van der Waals surface area contributed by atoms with Gasteiger partial charge in [-0.1, -0.05) is 18.2 Å². The number of sulfone groups is 1. The summed E-state index contributed by atoms with van der Waals surface area (Å²) in [5, 5.41) is 5.80. The summed E-state index contributed by atoms with van der Waals surface area (Å²) in [5.74, 6) is -0.0177. The van der Waals surface area contributed by atoms with E-state index in [9.17, 15) is 13.2 Å². The Kier molecular flexibility index (Phi) is 3.80. The SMILES string of the molecule is C[C@@]1(NC(=O)CNc2ccccc2)CCS(=O)(=O)C1. The highest BCUT2D eigenvalue weighted by molar-refractivity contribution is 7.91. The molecule has 0 bridgehead atoms. The summed E-state index contributed by atoms with van der Waals surface area (Å²) in [6.45, 7) is 1.91. The summed E-state index contributed by atoms with van der Waals surface area (Å²) in [6, 6.07) is 9.40. The van der Waals surface area contributed by atoms with E-state index < -0.39 is 15.4 Å². The van der Waals surface area contributed by atoms with E-state index in [2.05, 4.69) is 10.6 Å². The van der Waals surface area contributed by atoms with Gasteiger partial charge in [-0.2, -0.15) is 0 Å². The molecule has 0 saturated carbocycles. The van der Waals surface area contributed by atoms with E-state index in [0.717, 1.165) is 5.69 Å². The Labute approximate surface area is 113 Å². The maximum Gasteiger partial charge on any atom is 0.239 e. The Hall–Kier alpha value is -1.56. The van der Waals surface area contributed by atoms with Gasteiger partial charge in [0.25, 0.3) is 0 Å². The molecule has 1 heterocycles. The first-order valence-corrected chi connectivity index (χ1v) is 8.01. The largest absolute Gasteiger partial charge is 0.376 e. The molecule has 19 heavy (non-hydrogen) atoms. The fourth-order valence-electron chi connectivity index (χ4n) is 2.23. The second-order valence-electron chi connectivity index (χ2n) is 5.17. The molecule has 6 heteroatoms. The number of amides is 1. The lowest BCUT2D eigenvalue weighted by Gasteiger charge is -2.24. The topological polar surface area (TPSA) is 75.3 Å². The van der Waals surface area contributed by atoms with Gasteiger partial charge in [0, 0.05) is 5.69 Å². The number of hydrogen-bond acceptors (Lipinski definition) is 4. The molecule has 1 saturated heterocycles. The standard InChI is InChI=1S/C13H18N2O3S/c1-13(7-8-19(17,18)10-13)15-12(16)9-14-11-5-3-2-4-6-11/h2-6,14H,7-10H2,1H3,(H,15,16)/t13-/m1/s1. The molecule has 104 valence electrons. The van der Waals surface area contributed by atoms with Crippen LogP contribution in [0.5, 0.6) is 0 Å². The molecule has 1 aromatic rings. The Morgan fingerprint density at radius 2 is 2.00 bits per heavy atom. The maximum absolute atomic E-state index is 11.8. The van der Waals surface area contributed by atoms with Crippen molar-refractivity contribution in [3.05, 3.63) is 30.3 Å². The van der Waals surface area contributed by atoms with Crippen LogP contribution in [0, 0.1) is 0 Å². The van der Waals surface area contributed by atoms with E-state index in [-0.39, 0.29) is 24.0 Å². The molecule has 1 aromatic carbocycles. The van der Waals surface area contributed by atoms with Crippen LogP contribution in [0.1, 0.15) is 13.3 Å². The fraction of sp³-hybridized carbons (Fsp3) is 0.462. The molecule has 1 atom stereocenters. The second-order valence-corrected chi connectivity index (χ2v) is 7.35. The van der Waals surface area contributed by atoms with Gasteiger partial charge in [0.15, 0.2) is 9.84 Å². The van der Waals surface area contributed by atoms with Crippen LogP contribution < -0.4 is 10.6 Å². The van der Waals surface area contributed by atoms with Gasteiger partial charge in [0.2, 0.25) is 5.91 Å². The summed E-state index contributed by atoms with van der Waals surface area (Å²) in [6.07, 6.45) is 0.479. The number of rotatable bonds is 4. The molecular formula is C13H18N2O3S. The van der Waals surface area contributed by atoms with Crippen LogP contribution in [0.15, 0.2) is 30.3 Å². The van der Waals surface area contributed by atoms with Crippen molar-refractivity contribution < 1.29 is 13.2 Å². The van der Waals surface area contributed by atoms with Crippen LogP contribution in [0.3, 0.4) is 0 Å². The van der Waals surface area contributed by atoms with Crippen molar-refractivity contribution >= 4 is 21.4 Å². The first-order valence-electron chi connectivity index (χ1n) is 6.19.